The quantitative estimate of drug-likeness (QED) is 0.349. The van der Waals surface area contributed by atoms with Crippen molar-refractivity contribution in [2.45, 2.75) is 122 Å². The van der Waals surface area contributed by atoms with Crippen LogP contribution >= 0.6 is 0 Å². The maximum absolute atomic E-state index is 13.5. The summed E-state index contributed by atoms with van der Waals surface area (Å²) in [5.41, 5.74) is 11.7. The minimum atomic E-state index is -0.712. The molecule has 1 aromatic heterocycles. The Labute approximate surface area is 245 Å². The Kier molecular flexibility index (Phi) is 10.2. The van der Waals surface area contributed by atoms with Gasteiger partial charge in [0.25, 0.3) is 0 Å². The van der Waals surface area contributed by atoms with Crippen molar-refractivity contribution in [1.29, 1.82) is 5.26 Å². The van der Waals surface area contributed by atoms with Gasteiger partial charge in [0.1, 0.15) is 30.1 Å². The fourth-order valence-corrected chi connectivity index (χ4v) is 6.80. The van der Waals surface area contributed by atoms with Crippen LogP contribution in [0.4, 0.5) is 20.3 Å². The van der Waals surface area contributed by atoms with Crippen molar-refractivity contribution < 1.29 is 8.78 Å². The van der Waals surface area contributed by atoms with E-state index in [2.05, 4.69) is 36.6 Å². The summed E-state index contributed by atoms with van der Waals surface area (Å²) in [5.74, 6) is 1.70. The Hall–Kier alpha value is -2.79. The van der Waals surface area contributed by atoms with Gasteiger partial charge in [-0.25, -0.2) is 18.7 Å². The zero-order valence-electron chi connectivity index (χ0n) is 25.6. The zero-order chi connectivity index (χ0) is 29.7. The summed E-state index contributed by atoms with van der Waals surface area (Å²) in [6.07, 6.45) is 8.06. The predicted molar refractivity (Wildman–Crippen MR) is 163 cm³/mol. The number of rotatable bonds is 9. The summed E-state index contributed by atoms with van der Waals surface area (Å²) < 4.78 is 26.4. The van der Waals surface area contributed by atoms with E-state index >= 15 is 0 Å². The van der Waals surface area contributed by atoms with E-state index in [0.717, 1.165) is 79.1 Å². The summed E-state index contributed by atoms with van der Waals surface area (Å²) in [5, 5.41) is 9.82. The van der Waals surface area contributed by atoms with E-state index in [4.69, 9.17) is 15.7 Å². The Bertz CT molecular complexity index is 1240. The number of hydrogen-bond acceptors (Lipinski definition) is 6. The second-order valence-corrected chi connectivity index (χ2v) is 12.4. The number of nitrogens with zero attached hydrogens (tertiary/aromatic N) is 5. The lowest BCUT2D eigenvalue weighted by Crippen LogP contribution is -2.44. The summed E-state index contributed by atoms with van der Waals surface area (Å²) in [4.78, 5) is 14.2. The summed E-state index contributed by atoms with van der Waals surface area (Å²) >= 11 is 0. The van der Waals surface area contributed by atoms with Gasteiger partial charge in [0.05, 0.1) is 11.3 Å². The highest BCUT2D eigenvalue weighted by Crippen LogP contribution is 2.39. The maximum atomic E-state index is 13.5. The Morgan fingerprint density at radius 2 is 1.83 bits per heavy atom. The third kappa shape index (κ3) is 6.83. The number of nitrogen functional groups attached to an aromatic ring is 1. The standard InChI is InChI=1S/C25H34FN5.C8H14FN/c1-5-8-16-10-11-22(28)21(15-27)20(16)14-23-19(9-6-2)25(30-24(7-3)29-23)31(4)18-12-17(26)13-18;1-8-3-2-4-10(8)6-7(9)5-8/h10-11,17-18H,5-9,12-14,28H2,1-4H3;7H,2-6H2,1H3. The van der Waals surface area contributed by atoms with Crippen LogP contribution < -0.4 is 10.6 Å². The van der Waals surface area contributed by atoms with E-state index in [-0.39, 0.29) is 11.6 Å². The first-order valence-corrected chi connectivity index (χ1v) is 15.6. The van der Waals surface area contributed by atoms with Crippen molar-refractivity contribution in [3.63, 3.8) is 0 Å². The Morgan fingerprint density at radius 1 is 1.10 bits per heavy atom. The lowest BCUT2D eigenvalue weighted by Gasteiger charge is -2.39. The molecule has 0 spiro atoms. The highest BCUT2D eigenvalue weighted by atomic mass is 19.1. The first-order chi connectivity index (χ1) is 19.6. The number of anilines is 2. The molecule has 2 saturated heterocycles. The maximum Gasteiger partial charge on any atom is 0.135 e. The number of halogens is 2. The lowest BCUT2D eigenvalue weighted by atomic mass is 9.88. The van der Waals surface area contributed by atoms with Crippen molar-refractivity contribution in [1.82, 2.24) is 14.9 Å². The Morgan fingerprint density at radius 3 is 2.44 bits per heavy atom. The molecule has 0 bridgehead atoms. The molecule has 3 heterocycles. The lowest BCUT2D eigenvalue weighted by molar-refractivity contribution is 0.177. The minimum absolute atomic E-state index is 0.177. The smallest absolute Gasteiger partial charge is 0.135 e. The molecule has 2 aromatic rings. The SMILES string of the molecule is CC12CCCN1CC(F)C2.CCCc1ccc(N)c(C#N)c1Cc1nc(CC)nc(N(C)C2CC(F)C2)c1CCC. The van der Waals surface area contributed by atoms with Crippen LogP contribution in [-0.2, 0) is 25.7 Å². The highest BCUT2D eigenvalue weighted by Gasteiger charge is 2.44. The number of aryl methyl sites for hydroxylation is 2. The van der Waals surface area contributed by atoms with Gasteiger partial charge in [-0.15, -0.1) is 0 Å². The largest absolute Gasteiger partial charge is 0.398 e. The highest BCUT2D eigenvalue weighted by molar-refractivity contribution is 5.62. The number of aromatic nitrogens is 2. The summed E-state index contributed by atoms with van der Waals surface area (Å²) in [6.45, 7) is 10.3. The second kappa shape index (κ2) is 13.5. The van der Waals surface area contributed by atoms with Gasteiger partial charge < -0.3 is 10.6 Å². The second-order valence-electron chi connectivity index (χ2n) is 12.4. The van der Waals surface area contributed by atoms with Gasteiger partial charge >= 0.3 is 0 Å². The average molecular weight is 567 g/mol. The molecular formula is C33H48F2N6. The molecule has 8 heteroatoms. The van der Waals surface area contributed by atoms with Gasteiger partial charge in [-0.3, -0.25) is 4.90 Å². The van der Waals surface area contributed by atoms with Crippen LogP contribution in [0.1, 0.15) is 106 Å². The number of nitrogens with two attached hydrogens (primary N) is 1. The topological polar surface area (TPSA) is 82.1 Å². The van der Waals surface area contributed by atoms with Gasteiger partial charge in [-0.05, 0) is 75.6 Å². The molecule has 6 nitrogen and oxygen atoms in total. The van der Waals surface area contributed by atoms with Crippen LogP contribution in [0.15, 0.2) is 12.1 Å². The minimum Gasteiger partial charge on any atom is -0.398 e. The van der Waals surface area contributed by atoms with E-state index < -0.39 is 12.3 Å². The van der Waals surface area contributed by atoms with Crippen LogP contribution in [0.5, 0.6) is 0 Å². The van der Waals surface area contributed by atoms with E-state index in [1.807, 2.05) is 26.1 Å². The number of hydrogen-bond donors (Lipinski definition) is 1. The molecule has 1 saturated carbocycles. The van der Waals surface area contributed by atoms with Gasteiger partial charge in [0.2, 0.25) is 0 Å². The van der Waals surface area contributed by atoms with Crippen molar-refractivity contribution in [2.75, 3.05) is 30.8 Å². The normalized spacial score (nSPS) is 25.2. The van der Waals surface area contributed by atoms with E-state index in [9.17, 15) is 14.0 Å². The monoisotopic (exact) mass is 566 g/mol. The molecule has 5 rings (SSSR count). The van der Waals surface area contributed by atoms with Crippen LogP contribution in [-0.4, -0.2) is 58.9 Å². The summed E-state index contributed by atoms with van der Waals surface area (Å²) in [6, 6.07) is 6.37. The molecule has 0 radical (unpaired) electrons. The van der Waals surface area contributed by atoms with Crippen LogP contribution in [0.3, 0.4) is 0 Å². The van der Waals surface area contributed by atoms with Crippen molar-refractivity contribution >= 4 is 11.5 Å². The predicted octanol–water partition coefficient (Wildman–Crippen LogP) is 6.51. The number of nitriles is 1. The molecule has 41 heavy (non-hydrogen) atoms. The molecule has 3 fully saturated rings. The molecule has 224 valence electrons. The van der Waals surface area contributed by atoms with E-state index in [0.29, 0.717) is 37.1 Å². The fraction of sp³-hybridized carbons (Fsp3) is 0.667. The third-order valence-electron chi connectivity index (χ3n) is 9.28. The summed E-state index contributed by atoms with van der Waals surface area (Å²) in [7, 11) is 2.02. The van der Waals surface area contributed by atoms with Crippen molar-refractivity contribution in [3.8, 4) is 6.07 Å². The van der Waals surface area contributed by atoms with Gasteiger partial charge in [-0.2, -0.15) is 5.26 Å². The van der Waals surface area contributed by atoms with Gasteiger partial charge in [0.15, 0.2) is 0 Å². The molecule has 3 aliphatic rings. The average Bonchev–Trinajstić information content (AvgIpc) is 3.42. The molecule has 2 unspecified atom stereocenters. The van der Waals surface area contributed by atoms with Gasteiger partial charge in [-0.1, -0.05) is 39.7 Å². The molecule has 2 N–H and O–H groups in total. The van der Waals surface area contributed by atoms with Crippen molar-refractivity contribution in [3.05, 3.63) is 45.9 Å². The zero-order valence-corrected chi connectivity index (χ0v) is 25.6. The molecule has 1 aliphatic carbocycles. The molecule has 1 aromatic carbocycles. The van der Waals surface area contributed by atoms with Gasteiger partial charge in [0, 0.05) is 49.3 Å². The number of benzene rings is 1. The number of alkyl halides is 2. The first-order valence-electron chi connectivity index (χ1n) is 15.6. The van der Waals surface area contributed by atoms with Crippen molar-refractivity contribution in [2.24, 2.45) is 0 Å². The third-order valence-corrected chi connectivity index (χ3v) is 9.28. The molecule has 2 atom stereocenters. The molecular weight excluding hydrogens is 518 g/mol. The van der Waals surface area contributed by atoms with Crippen LogP contribution in [0, 0.1) is 11.3 Å². The van der Waals surface area contributed by atoms with Crippen LogP contribution in [0.2, 0.25) is 0 Å². The van der Waals surface area contributed by atoms with E-state index in [1.165, 1.54) is 12.8 Å². The molecule has 0 amide bonds. The molecule has 2 aliphatic heterocycles. The first kappa shape index (κ1) is 31.2. The number of fused-ring (bicyclic) bond motifs is 1. The fourth-order valence-electron chi connectivity index (χ4n) is 6.80. The Balaban J connectivity index is 0.000000322. The van der Waals surface area contributed by atoms with Crippen LogP contribution in [0.25, 0.3) is 0 Å². The van der Waals surface area contributed by atoms with E-state index in [1.54, 1.807) is 0 Å².